The van der Waals surface area contributed by atoms with E-state index in [-0.39, 0.29) is 52.9 Å². The molecule has 1 aliphatic carbocycles. The summed E-state index contributed by atoms with van der Waals surface area (Å²) in [7, 11) is 1.26. The molecule has 0 aliphatic heterocycles. The van der Waals surface area contributed by atoms with Crippen molar-refractivity contribution < 1.29 is 66.6 Å². The van der Waals surface area contributed by atoms with Gasteiger partial charge >= 0.3 is 29.8 Å². The van der Waals surface area contributed by atoms with E-state index < -0.39 is 36.3 Å². The second-order valence-electron chi connectivity index (χ2n) is 41.0. The number of hydrogen-bond donors (Lipinski definition) is 0. The maximum Gasteiger partial charge on any atom is 0.333 e. The summed E-state index contributed by atoms with van der Waals surface area (Å²) in [6.45, 7) is 26.0. The zero-order valence-electron chi connectivity index (χ0n) is 89.7. The lowest BCUT2D eigenvalue weighted by molar-refractivity contribution is -0.153. The summed E-state index contributed by atoms with van der Waals surface area (Å²) in [4.78, 5) is 65.7. The smallest absolute Gasteiger partial charge is 0.333 e. The normalized spacial score (nSPS) is 11.8. The van der Waals surface area contributed by atoms with Crippen molar-refractivity contribution in [1.29, 1.82) is 0 Å². The van der Waals surface area contributed by atoms with Crippen LogP contribution < -0.4 is 18.9 Å². The van der Waals surface area contributed by atoms with Crippen LogP contribution in [0.5, 0.6) is 23.0 Å². The average Bonchev–Trinajstić information content (AvgIpc) is 0.770. The van der Waals surface area contributed by atoms with Crippen molar-refractivity contribution in [2.45, 2.75) is 517 Å². The molecule has 0 heterocycles. The van der Waals surface area contributed by atoms with E-state index in [1.807, 2.05) is 0 Å². The van der Waals surface area contributed by atoms with Crippen LogP contribution in [0.25, 0.3) is 0 Å². The molecule has 14 heteroatoms. The van der Waals surface area contributed by atoms with Crippen LogP contribution in [0.3, 0.4) is 0 Å². The number of rotatable bonds is 89. The minimum Gasteiger partial charge on any atom is -0.489 e. The number of carbonyl (C=O) groups is 5. The van der Waals surface area contributed by atoms with Crippen LogP contribution in [0.2, 0.25) is 0 Å². The number of hydrogen-bond acceptors (Lipinski definition) is 14. The molecule has 14 nitrogen and oxygen atoms in total. The van der Waals surface area contributed by atoms with E-state index in [0.29, 0.717) is 65.4 Å². The molecule has 0 N–H and O–H groups in total. The first-order valence-corrected chi connectivity index (χ1v) is 57.3. The molecule has 780 valence electrons. The van der Waals surface area contributed by atoms with E-state index >= 15 is 0 Å². The highest BCUT2D eigenvalue weighted by molar-refractivity contribution is 5.91. The number of ether oxygens (including phenoxy) is 9. The number of benzene rings is 4. The monoisotopic (exact) mass is 1910 g/mol. The van der Waals surface area contributed by atoms with Gasteiger partial charge in [0.1, 0.15) is 82.3 Å². The summed E-state index contributed by atoms with van der Waals surface area (Å²) >= 11 is 0. The van der Waals surface area contributed by atoms with E-state index in [1.54, 1.807) is 20.8 Å². The van der Waals surface area contributed by atoms with Gasteiger partial charge in [-0.15, -0.1) is 0 Å². The van der Waals surface area contributed by atoms with Crippen molar-refractivity contribution in [3.63, 3.8) is 0 Å². The number of methoxy groups -OCH3 is 1. The van der Waals surface area contributed by atoms with Crippen molar-refractivity contribution >= 4 is 29.8 Å². The van der Waals surface area contributed by atoms with Crippen molar-refractivity contribution in [3.8, 4) is 23.0 Å². The minimum atomic E-state index is -0.702. The summed E-state index contributed by atoms with van der Waals surface area (Å²) in [5.41, 5.74) is 13.3. The van der Waals surface area contributed by atoms with Gasteiger partial charge in [-0.1, -0.05) is 481 Å². The molecule has 0 saturated carbocycles. The molecule has 8 bridgehead atoms. The molecular formula is C124H200O14. The molecule has 1 aliphatic rings. The Labute approximate surface area is 843 Å². The van der Waals surface area contributed by atoms with Gasteiger partial charge in [0.2, 0.25) is 0 Å². The fraction of sp³-hybridized carbons (Fsp3) is 0.718. The first kappa shape index (κ1) is 121. The second kappa shape index (κ2) is 81.1. The van der Waals surface area contributed by atoms with Crippen molar-refractivity contribution in [1.82, 2.24) is 0 Å². The van der Waals surface area contributed by atoms with E-state index in [0.717, 1.165) is 122 Å². The van der Waals surface area contributed by atoms with Gasteiger partial charge in [-0.2, -0.15) is 0 Å². The van der Waals surface area contributed by atoms with Gasteiger partial charge in [-0.05, 0) is 139 Å². The van der Waals surface area contributed by atoms with Gasteiger partial charge in [0.25, 0.3) is 0 Å². The molecule has 0 amide bonds. The SMILES string of the molecule is C=C(C)C(=O)OCCOc1c2cc(CCCCCCCCCCCCCCCCCC)cc1Cc1cc(CCCCCCCCCCCCCCCCCC)cc(c1OCCOC(=O)C(=C)C)Cc1cc(CCCCCCCCCCCCCCCCCC)cc(c1OCCOC(=O)C(=C)C)Cc1cc(CCCCCCCCCCCCCCCCCC)cc(c1OCCOC(=O)CC(=O)OC)C2. The van der Waals surface area contributed by atoms with Gasteiger partial charge in [0, 0.05) is 42.4 Å². The zero-order chi connectivity index (χ0) is 99.2. The summed E-state index contributed by atoms with van der Waals surface area (Å²) in [6, 6.07) is 18.8. The van der Waals surface area contributed by atoms with E-state index in [2.05, 4.69) is 96.0 Å². The predicted molar refractivity (Wildman–Crippen MR) is 577 cm³/mol. The number of aryl methyl sites for hydroxylation is 4. The molecular weight excluding hydrogens is 1710 g/mol. The molecule has 0 radical (unpaired) electrons. The third kappa shape index (κ3) is 57.7. The summed E-state index contributed by atoms with van der Waals surface area (Å²) in [6.07, 6.45) is 86.6. The van der Waals surface area contributed by atoms with Crippen LogP contribution in [0.4, 0.5) is 0 Å². The fourth-order valence-corrected chi connectivity index (χ4v) is 19.7. The molecule has 0 spiro atoms. The van der Waals surface area contributed by atoms with Crippen LogP contribution in [0.15, 0.2) is 85.0 Å². The molecule has 4 aromatic rings. The fourth-order valence-electron chi connectivity index (χ4n) is 19.7. The molecule has 138 heavy (non-hydrogen) atoms. The molecule has 0 aromatic heterocycles. The van der Waals surface area contributed by atoms with Gasteiger partial charge in [-0.25, -0.2) is 14.4 Å². The van der Waals surface area contributed by atoms with Crippen LogP contribution in [0.1, 0.15) is 533 Å². The minimum absolute atomic E-state index is 0.00252. The van der Waals surface area contributed by atoms with Gasteiger partial charge in [0.15, 0.2) is 0 Å². The number of fused-ring (bicyclic) bond motifs is 8. The lowest BCUT2D eigenvalue weighted by Gasteiger charge is -2.25. The lowest BCUT2D eigenvalue weighted by Crippen LogP contribution is -2.17. The summed E-state index contributed by atoms with van der Waals surface area (Å²) in [5, 5.41) is 0. The van der Waals surface area contributed by atoms with Crippen molar-refractivity contribution in [3.05, 3.63) is 152 Å². The van der Waals surface area contributed by atoms with Crippen LogP contribution in [-0.4, -0.2) is 89.8 Å². The summed E-state index contributed by atoms with van der Waals surface area (Å²) in [5.74, 6) is -0.0882. The molecule has 0 fully saturated rings. The Morgan fingerprint density at radius 1 is 0.217 bits per heavy atom. The third-order valence-electron chi connectivity index (χ3n) is 27.9. The van der Waals surface area contributed by atoms with Gasteiger partial charge in [0.05, 0.1) is 7.11 Å². The standard InChI is InChI=1S/C124H200O14/c1-12-16-20-24-28-32-36-40-44-48-52-56-60-64-68-72-76-104-88-108-96-110-90-105(77-73-69-65-61-57-53-49-45-41-37-33-29-25-21-17-13-2)92-112(119(110)133-82-85-136-122(127)101(5)6)98-114-94-107(79-75-71-67-63-59-55-51-47-43-39-35-31-27-23-19-15-4)95-115(121(114)135-84-87-138-124(129)103(9)10)99-113-93-106(78-74-70-66-62-58-54-50-46-42-38-34-30-26-22-18-14-3)91-111(120(113)134-83-86-137-123(128)102(7)8)97-109(89-104)118(108)132-81-80-131-117(126)100-116(125)130-11/h88-95H,5,7,9,12-87,96-100H2,1-4,6,8,10-11H3. The van der Waals surface area contributed by atoms with E-state index in [4.69, 9.17) is 42.6 Å². The number of unbranched alkanes of at least 4 members (excludes halogenated alkanes) is 60. The Kier molecular flexibility index (Phi) is 71.2. The van der Waals surface area contributed by atoms with Crippen molar-refractivity contribution in [2.75, 3.05) is 60.0 Å². The Hall–Kier alpha value is -7.35. The molecule has 5 rings (SSSR count). The average molecular weight is 1910 g/mol. The topological polar surface area (TPSA) is 168 Å². The highest BCUT2D eigenvalue weighted by Crippen LogP contribution is 2.43. The first-order valence-electron chi connectivity index (χ1n) is 57.3. The van der Waals surface area contributed by atoms with E-state index in [9.17, 15) is 24.0 Å². The Bertz CT molecular complexity index is 3750. The van der Waals surface area contributed by atoms with Crippen LogP contribution in [0, 0.1) is 0 Å². The predicted octanol–water partition coefficient (Wildman–Crippen LogP) is 34.6. The lowest BCUT2D eigenvalue weighted by atomic mass is 9.86. The Balaban J connectivity index is 1.75. The third-order valence-corrected chi connectivity index (χ3v) is 27.9. The van der Waals surface area contributed by atoms with Crippen molar-refractivity contribution in [2.24, 2.45) is 0 Å². The molecule has 4 aromatic carbocycles. The largest absolute Gasteiger partial charge is 0.489 e. The summed E-state index contributed by atoms with van der Waals surface area (Å²) < 4.78 is 57.4. The molecule has 0 saturated heterocycles. The second-order valence-corrected chi connectivity index (χ2v) is 41.0. The molecule has 0 atom stereocenters. The van der Waals surface area contributed by atoms with E-state index in [1.165, 1.54) is 389 Å². The number of carbonyl (C=O) groups excluding carboxylic acids is 5. The molecule has 0 unspecified atom stereocenters. The first-order chi connectivity index (χ1) is 67.5. The number of esters is 5. The zero-order valence-corrected chi connectivity index (χ0v) is 89.7. The maximum atomic E-state index is 13.3. The Morgan fingerprint density at radius 2 is 0.370 bits per heavy atom. The quantitative estimate of drug-likeness (QED) is 0.0118. The van der Waals surface area contributed by atoms with Crippen LogP contribution >= 0.6 is 0 Å². The highest BCUT2D eigenvalue weighted by atomic mass is 16.6. The van der Waals surface area contributed by atoms with Gasteiger partial charge in [-0.3, -0.25) is 9.59 Å². The highest BCUT2D eigenvalue weighted by Gasteiger charge is 2.27. The Morgan fingerprint density at radius 3 is 0.522 bits per heavy atom. The maximum absolute atomic E-state index is 13.3. The van der Waals surface area contributed by atoms with Crippen LogP contribution in [-0.2, 0) is 99.0 Å². The van der Waals surface area contributed by atoms with Gasteiger partial charge < -0.3 is 42.6 Å².